The second-order valence-corrected chi connectivity index (χ2v) is 8.43. The number of imide groups is 1. The van der Waals surface area contributed by atoms with Crippen LogP contribution in [0.25, 0.3) is 0 Å². The summed E-state index contributed by atoms with van der Waals surface area (Å²) in [5, 5.41) is 3.35. The van der Waals surface area contributed by atoms with E-state index in [1.165, 1.54) is 0 Å². The number of ether oxygens (including phenoxy) is 1. The van der Waals surface area contributed by atoms with Gasteiger partial charge in [-0.15, -0.1) is 0 Å². The molecular formula is C27H25N3O5. The molecule has 0 saturated carbocycles. The predicted octanol–water partition coefficient (Wildman–Crippen LogP) is 3.27. The summed E-state index contributed by atoms with van der Waals surface area (Å²) in [7, 11) is 0. The van der Waals surface area contributed by atoms with E-state index >= 15 is 0 Å². The first-order chi connectivity index (χ1) is 16.9. The highest BCUT2D eigenvalue weighted by Gasteiger charge is 2.48. The van der Waals surface area contributed by atoms with Crippen molar-refractivity contribution in [3.63, 3.8) is 0 Å². The zero-order valence-corrected chi connectivity index (χ0v) is 19.2. The number of aryl methyl sites for hydroxylation is 1. The Morgan fingerprint density at radius 1 is 0.886 bits per heavy atom. The van der Waals surface area contributed by atoms with Crippen molar-refractivity contribution < 1.29 is 23.9 Å². The molecule has 8 nitrogen and oxygen atoms in total. The molecule has 0 aliphatic carbocycles. The fourth-order valence-corrected chi connectivity index (χ4v) is 3.76. The minimum Gasteiger partial charge on any atom is -0.484 e. The number of nitrogens with zero attached hydrogens (tertiary/aromatic N) is 1. The highest BCUT2D eigenvalue weighted by molar-refractivity contribution is 6.09. The Hall–Kier alpha value is -4.46. The van der Waals surface area contributed by atoms with Crippen molar-refractivity contribution in [3.05, 3.63) is 102 Å². The van der Waals surface area contributed by atoms with Crippen LogP contribution in [0.3, 0.4) is 0 Å². The second kappa shape index (κ2) is 10.2. The average Bonchev–Trinajstić information content (AvgIpc) is 3.10. The number of ketones is 1. The summed E-state index contributed by atoms with van der Waals surface area (Å²) in [5.74, 6) is -0.945. The number of carbonyl (C=O) groups excluding carboxylic acids is 4. The Kier molecular flexibility index (Phi) is 6.91. The zero-order valence-electron chi connectivity index (χ0n) is 19.2. The molecule has 0 radical (unpaired) electrons. The van der Waals surface area contributed by atoms with Crippen LogP contribution >= 0.6 is 0 Å². The van der Waals surface area contributed by atoms with Crippen molar-refractivity contribution in [1.29, 1.82) is 0 Å². The van der Waals surface area contributed by atoms with Gasteiger partial charge in [-0.3, -0.25) is 19.8 Å². The van der Waals surface area contributed by atoms with Gasteiger partial charge in [-0.1, -0.05) is 60.7 Å². The number of rotatable bonds is 9. The molecule has 4 amide bonds. The van der Waals surface area contributed by atoms with E-state index in [9.17, 15) is 19.2 Å². The number of hydrogen-bond acceptors (Lipinski definition) is 5. The van der Waals surface area contributed by atoms with Crippen molar-refractivity contribution in [3.8, 4) is 5.75 Å². The monoisotopic (exact) mass is 471 g/mol. The van der Waals surface area contributed by atoms with Crippen LogP contribution in [0.2, 0.25) is 0 Å². The molecule has 8 heteroatoms. The summed E-state index contributed by atoms with van der Waals surface area (Å²) in [6.07, 6.45) is 0.982. The minimum absolute atomic E-state index is 0.122. The number of nitrogens with one attached hydrogen (secondary N) is 2. The van der Waals surface area contributed by atoms with Gasteiger partial charge in [0.1, 0.15) is 11.3 Å². The van der Waals surface area contributed by atoms with E-state index in [1.807, 2.05) is 36.4 Å². The molecule has 0 spiro atoms. The summed E-state index contributed by atoms with van der Waals surface area (Å²) < 4.78 is 5.45. The number of urea groups is 1. The summed E-state index contributed by atoms with van der Waals surface area (Å²) in [4.78, 5) is 50.0. The van der Waals surface area contributed by atoms with E-state index in [2.05, 4.69) is 10.7 Å². The minimum atomic E-state index is -1.12. The summed E-state index contributed by atoms with van der Waals surface area (Å²) in [6, 6.07) is 24.2. The first-order valence-corrected chi connectivity index (χ1v) is 11.2. The van der Waals surface area contributed by atoms with E-state index in [4.69, 9.17) is 4.74 Å². The molecule has 1 aliphatic rings. The Morgan fingerprint density at radius 3 is 2.14 bits per heavy atom. The zero-order chi connectivity index (χ0) is 24.8. The summed E-state index contributed by atoms with van der Waals surface area (Å²) >= 11 is 0. The normalized spacial score (nSPS) is 17.1. The molecule has 4 rings (SSSR count). The molecule has 1 fully saturated rings. The molecule has 3 aromatic rings. The van der Waals surface area contributed by atoms with E-state index < -0.39 is 30.0 Å². The topological polar surface area (TPSA) is 105 Å². The van der Waals surface area contributed by atoms with Crippen LogP contribution < -0.4 is 15.5 Å². The van der Waals surface area contributed by atoms with Gasteiger partial charge in [0.05, 0.1) is 0 Å². The van der Waals surface area contributed by atoms with E-state index in [-0.39, 0.29) is 5.78 Å². The van der Waals surface area contributed by atoms with Gasteiger partial charge in [-0.25, -0.2) is 4.79 Å². The molecule has 1 atom stereocenters. The number of hydrazine groups is 1. The molecule has 1 saturated heterocycles. The third-order valence-electron chi connectivity index (χ3n) is 5.78. The molecule has 0 aromatic heterocycles. The van der Waals surface area contributed by atoms with Crippen LogP contribution in [0.4, 0.5) is 4.79 Å². The number of amides is 4. The summed E-state index contributed by atoms with van der Waals surface area (Å²) in [6.45, 7) is 1.22. The summed E-state index contributed by atoms with van der Waals surface area (Å²) in [5.41, 5.74) is 3.29. The lowest BCUT2D eigenvalue weighted by molar-refractivity contribution is -0.139. The van der Waals surface area contributed by atoms with E-state index in [0.29, 0.717) is 34.7 Å². The Bertz CT molecular complexity index is 1230. The van der Waals surface area contributed by atoms with E-state index in [1.54, 1.807) is 55.5 Å². The predicted molar refractivity (Wildman–Crippen MR) is 128 cm³/mol. The smallest absolute Gasteiger partial charge is 0.344 e. The van der Waals surface area contributed by atoms with Gasteiger partial charge in [-0.05, 0) is 49.6 Å². The van der Waals surface area contributed by atoms with Gasteiger partial charge < -0.3 is 10.1 Å². The van der Waals surface area contributed by atoms with Crippen molar-refractivity contribution in [2.75, 3.05) is 6.61 Å². The largest absolute Gasteiger partial charge is 0.484 e. The Morgan fingerprint density at radius 2 is 1.49 bits per heavy atom. The third kappa shape index (κ3) is 5.55. The van der Waals surface area contributed by atoms with Gasteiger partial charge in [0, 0.05) is 11.1 Å². The highest BCUT2D eigenvalue weighted by atomic mass is 16.5. The van der Waals surface area contributed by atoms with Crippen LogP contribution in [0, 0.1) is 0 Å². The maximum Gasteiger partial charge on any atom is 0.344 e. The number of carbonyl (C=O) groups is 4. The SMILES string of the molecule is C[C@@]1(CCc2ccccc2)NC(=O)N(NC(=O)COc2ccc(C(=O)c3ccccc3)cc2)C1=O. The van der Waals surface area contributed by atoms with Crippen molar-refractivity contribution in [1.82, 2.24) is 15.8 Å². The number of hydrogen-bond donors (Lipinski definition) is 2. The Balaban J connectivity index is 1.29. The van der Waals surface area contributed by atoms with Crippen molar-refractivity contribution in [2.24, 2.45) is 0 Å². The lowest BCUT2D eigenvalue weighted by Gasteiger charge is -2.21. The molecule has 1 heterocycles. The van der Waals surface area contributed by atoms with Gasteiger partial charge >= 0.3 is 6.03 Å². The van der Waals surface area contributed by atoms with Gasteiger partial charge in [0.25, 0.3) is 11.8 Å². The van der Waals surface area contributed by atoms with Crippen LogP contribution in [0.5, 0.6) is 5.75 Å². The first kappa shape index (κ1) is 23.7. The molecule has 178 valence electrons. The molecule has 35 heavy (non-hydrogen) atoms. The van der Waals surface area contributed by atoms with E-state index in [0.717, 1.165) is 5.56 Å². The van der Waals surface area contributed by atoms with Crippen molar-refractivity contribution >= 4 is 23.6 Å². The standard InChI is InChI=1S/C27H25N3O5/c1-27(17-16-19-8-4-2-5-9-19)25(33)30(26(34)28-27)29-23(31)18-35-22-14-12-21(13-15-22)24(32)20-10-6-3-7-11-20/h2-15H,16-18H2,1H3,(H,28,34)(H,29,31)/t27-/m0/s1. The highest BCUT2D eigenvalue weighted by Crippen LogP contribution is 2.22. The lowest BCUT2D eigenvalue weighted by Crippen LogP contribution is -2.50. The lowest BCUT2D eigenvalue weighted by atomic mass is 9.93. The molecule has 1 aliphatic heterocycles. The molecule has 2 N–H and O–H groups in total. The third-order valence-corrected chi connectivity index (χ3v) is 5.78. The van der Waals surface area contributed by atoms with Crippen LogP contribution in [-0.2, 0) is 16.0 Å². The quantitative estimate of drug-likeness (QED) is 0.368. The van der Waals surface area contributed by atoms with Gasteiger partial charge in [-0.2, -0.15) is 5.01 Å². The molecule has 0 bridgehead atoms. The Labute approximate surface area is 202 Å². The maximum absolute atomic E-state index is 12.8. The molecule has 0 unspecified atom stereocenters. The van der Waals surface area contributed by atoms with Gasteiger partial charge in [0.2, 0.25) is 0 Å². The fourth-order valence-electron chi connectivity index (χ4n) is 3.76. The van der Waals surface area contributed by atoms with Gasteiger partial charge in [0.15, 0.2) is 12.4 Å². The van der Waals surface area contributed by atoms with Crippen LogP contribution in [-0.4, -0.2) is 40.8 Å². The maximum atomic E-state index is 12.8. The van der Waals surface area contributed by atoms with Crippen LogP contribution in [0.1, 0.15) is 34.8 Å². The van der Waals surface area contributed by atoms with Crippen LogP contribution in [0.15, 0.2) is 84.9 Å². The fraction of sp³-hybridized carbons (Fsp3) is 0.185. The average molecular weight is 472 g/mol. The second-order valence-electron chi connectivity index (χ2n) is 8.43. The van der Waals surface area contributed by atoms with Crippen molar-refractivity contribution in [2.45, 2.75) is 25.3 Å². The molecular weight excluding hydrogens is 446 g/mol. The number of benzene rings is 3. The first-order valence-electron chi connectivity index (χ1n) is 11.2. The molecule has 3 aromatic carbocycles.